The van der Waals surface area contributed by atoms with Crippen molar-refractivity contribution >= 4 is 6.03 Å². The predicted octanol–water partition coefficient (Wildman–Crippen LogP) is 2.82. The van der Waals surface area contributed by atoms with Crippen molar-refractivity contribution in [2.45, 2.75) is 44.6 Å². The average molecular weight is 246 g/mol. The van der Waals surface area contributed by atoms with Crippen LogP contribution in [0.25, 0.3) is 0 Å². The number of carbonyl (C=O) groups is 1. The smallest absolute Gasteiger partial charge is 0.315 e. The van der Waals surface area contributed by atoms with Crippen molar-refractivity contribution in [1.82, 2.24) is 10.6 Å². The Labute approximate surface area is 109 Å². The van der Waals surface area contributed by atoms with E-state index in [1.54, 1.807) is 0 Å². The van der Waals surface area contributed by atoms with Crippen LogP contribution in [0.2, 0.25) is 0 Å². The summed E-state index contributed by atoms with van der Waals surface area (Å²) in [5.74, 6) is 0. The molecule has 0 spiro atoms. The molecule has 0 heterocycles. The van der Waals surface area contributed by atoms with Gasteiger partial charge in [-0.25, -0.2) is 4.79 Å². The fraction of sp³-hybridized carbons (Fsp3) is 0.533. The Morgan fingerprint density at radius 1 is 1.33 bits per heavy atom. The van der Waals surface area contributed by atoms with E-state index in [0.29, 0.717) is 0 Å². The number of amides is 2. The average Bonchev–Trinajstić information content (AvgIpc) is 3.18. The summed E-state index contributed by atoms with van der Waals surface area (Å²) < 4.78 is 0. The zero-order chi connectivity index (χ0) is 13.0. The van der Waals surface area contributed by atoms with Gasteiger partial charge in [-0.15, -0.1) is 0 Å². The summed E-state index contributed by atoms with van der Waals surface area (Å²) in [6, 6.07) is 10.7. The Morgan fingerprint density at radius 2 is 2.00 bits per heavy atom. The van der Waals surface area contributed by atoms with E-state index < -0.39 is 0 Å². The van der Waals surface area contributed by atoms with Gasteiger partial charge in [-0.1, -0.05) is 37.3 Å². The standard InChI is InChI=1S/C15H22N2O/c1-3-12(2)17-14(18)16-11-15(9-10-15)13-7-5-4-6-8-13/h4-8,12H,3,9-11H2,1-2H3,(H2,16,17,18). The Bertz CT molecular complexity index is 398. The molecule has 1 aliphatic carbocycles. The van der Waals surface area contributed by atoms with Crippen molar-refractivity contribution in [2.24, 2.45) is 0 Å². The normalized spacial score (nSPS) is 17.9. The fourth-order valence-electron chi connectivity index (χ4n) is 2.14. The molecular formula is C15H22N2O. The van der Waals surface area contributed by atoms with Crippen molar-refractivity contribution in [2.75, 3.05) is 6.54 Å². The minimum Gasteiger partial charge on any atom is -0.337 e. The second kappa shape index (κ2) is 5.42. The third-order valence-electron chi connectivity index (χ3n) is 3.82. The third kappa shape index (κ3) is 3.03. The molecule has 1 aromatic carbocycles. The van der Waals surface area contributed by atoms with Crippen LogP contribution in [-0.2, 0) is 5.41 Å². The number of hydrogen-bond donors (Lipinski definition) is 2. The van der Waals surface area contributed by atoms with Gasteiger partial charge in [0, 0.05) is 18.0 Å². The molecule has 18 heavy (non-hydrogen) atoms. The highest BCUT2D eigenvalue weighted by atomic mass is 16.2. The van der Waals surface area contributed by atoms with E-state index in [1.807, 2.05) is 13.0 Å². The van der Waals surface area contributed by atoms with E-state index >= 15 is 0 Å². The summed E-state index contributed by atoms with van der Waals surface area (Å²) in [4.78, 5) is 11.7. The van der Waals surface area contributed by atoms with Gasteiger partial charge in [0.2, 0.25) is 0 Å². The largest absolute Gasteiger partial charge is 0.337 e. The van der Waals surface area contributed by atoms with Crippen LogP contribution in [0.5, 0.6) is 0 Å². The summed E-state index contributed by atoms with van der Waals surface area (Å²) in [7, 11) is 0. The lowest BCUT2D eigenvalue weighted by Crippen LogP contribution is -2.43. The van der Waals surface area contributed by atoms with Gasteiger partial charge in [0.1, 0.15) is 0 Å². The Balaban J connectivity index is 1.85. The molecule has 1 fully saturated rings. The van der Waals surface area contributed by atoms with Crippen LogP contribution >= 0.6 is 0 Å². The first-order chi connectivity index (χ1) is 8.66. The number of carbonyl (C=O) groups excluding carboxylic acids is 1. The summed E-state index contributed by atoms with van der Waals surface area (Å²) in [5, 5.41) is 5.93. The lowest BCUT2D eigenvalue weighted by atomic mass is 9.96. The molecule has 1 saturated carbocycles. The van der Waals surface area contributed by atoms with Gasteiger partial charge in [-0.05, 0) is 31.7 Å². The number of benzene rings is 1. The van der Waals surface area contributed by atoms with Gasteiger partial charge < -0.3 is 10.6 Å². The van der Waals surface area contributed by atoms with Crippen LogP contribution in [-0.4, -0.2) is 18.6 Å². The Kier molecular flexibility index (Phi) is 3.90. The number of nitrogens with one attached hydrogen (secondary N) is 2. The maximum absolute atomic E-state index is 11.7. The zero-order valence-corrected chi connectivity index (χ0v) is 11.2. The van der Waals surface area contributed by atoms with Gasteiger partial charge in [0.15, 0.2) is 0 Å². The maximum atomic E-state index is 11.7. The van der Waals surface area contributed by atoms with E-state index in [0.717, 1.165) is 13.0 Å². The highest BCUT2D eigenvalue weighted by Gasteiger charge is 2.44. The second-order valence-electron chi connectivity index (χ2n) is 5.28. The Morgan fingerprint density at radius 3 is 2.56 bits per heavy atom. The van der Waals surface area contributed by atoms with Crippen molar-refractivity contribution in [3.8, 4) is 0 Å². The first-order valence-electron chi connectivity index (χ1n) is 6.76. The van der Waals surface area contributed by atoms with Crippen LogP contribution in [0.4, 0.5) is 4.79 Å². The first kappa shape index (κ1) is 12.9. The zero-order valence-electron chi connectivity index (χ0n) is 11.2. The molecule has 2 rings (SSSR count). The van der Waals surface area contributed by atoms with Crippen LogP contribution in [0.15, 0.2) is 30.3 Å². The van der Waals surface area contributed by atoms with Crippen molar-refractivity contribution in [3.63, 3.8) is 0 Å². The summed E-state index contributed by atoms with van der Waals surface area (Å²) in [5.41, 5.74) is 1.53. The molecular weight excluding hydrogens is 224 g/mol. The predicted molar refractivity (Wildman–Crippen MR) is 73.6 cm³/mol. The maximum Gasteiger partial charge on any atom is 0.315 e. The number of hydrogen-bond acceptors (Lipinski definition) is 1. The third-order valence-corrected chi connectivity index (χ3v) is 3.82. The lowest BCUT2D eigenvalue weighted by Gasteiger charge is -2.18. The molecule has 1 aromatic rings. The van der Waals surface area contributed by atoms with Crippen LogP contribution in [0.1, 0.15) is 38.7 Å². The molecule has 0 bridgehead atoms. The second-order valence-corrected chi connectivity index (χ2v) is 5.28. The van der Waals surface area contributed by atoms with Gasteiger partial charge in [-0.3, -0.25) is 0 Å². The molecule has 1 unspecified atom stereocenters. The topological polar surface area (TPSA) is 41.1 Å². The molecule has 0 aliphatic heterocycles. The minimum atomic E-state index is -0.0495. The summed E-state index contributed by atoms with van der Waals surface area (Å²) in [6.45, 7) is 4.82. The van der Waals surface area contributed by atoms with Gasteiger partial charge in [0.25, 0.3) is 0 Å². The van der Waals surface area contributed by atoms with Crippen molar-refractivity contribution in [1.29, 1.82) is 0 Å². The molecule has 3 nitrogen and oxygen atoms in total. The number of urea groups is 1. The van der Waals surface area contributed by atoms with Crippen molar-refractivity contribution in [3.05, 3.63) is 35.9 Å². The highest BCUT2D eigenvalue weighted by molar-refractivity contribution is 5.74. The molecule has 0 saturated heterocycles. The van der Waals surface area contributed by atoms with E-state index in [9.17, 15) is 4.79 Å². The molecule has 2 N–H and O–H groups in total. The molecule has 0 radical (unpaired) electrons. The molecule has 1 atom stereocenters. The van der Waals surface area contributed by atoms with Crippen LogP contribution < -0.4 is 10.6 Å². The van der Waals surface area contributed by atoms with Crippen molar-refractivity contribution < 1.29 is 4.79 Å². The van der Waals surface area contributed by atoms with Gasteiger partial charge in [0.05, 0.1) is 0 Å². The SMILES string of the molecule is CCC(C)NC(=O)NCC1(c2ccccc2)CC1. The first-order valence-corrected chi connectivity index (χ1v) is 6.76. The van der Waals surface area contributed by atoms with E-state index in [2.05, 4.69) is 41.8 Å². The number of rotatable bonds is 5. The van der Waals surface area contributed by atoms with E-state index in [4.69, 9.17) is 0 Å². The quantitative estimate of drug-likeness (QED) is 0.824. The highest BCUT2D eigenvalue weighted by Crippen LogP contribution is 2.47. The molecule has 2 amide bonds. The van der Waals surface area contributed by atoms with Gasteiger partial charge in [-0.2, -0.15) is 0 Å². The van der Waals surface area contributed by atoms with Crippen LogP contribution in [0.3, 0.4) is 0 Å². The molecule has 1 aliphatic rings. The molecule has 0 aromatic heterocycles. The van der Waals surface area contributed by atoms with Crippen LogP contribution in [0, 0.1) is 0 Å². The van der Waals surface area contributed by atoms with Gasteiger partial charge >= 0.3 is 6.03 Å². The molecule has 98 valence electrons. The molecule has 3 heteroatoms. The Hall–Kier alpha value is -1.51. The fourth-order valence-corrected chi connectivity index (χ4v) is 2.14. The monoisotopic (exact) mass is 246 g/mol. The summed E-state index contributed by atoms with van der Waals surface area (Å²) >= 11 is 0. The van der Waals surface area contributed by atoms with E-state index in [-0.39, 0.29) is 17.5 Å². The minimum absolute atomic E-state index is 0.0495. The van der Waals surface area contributed by atoms with E-state index in [1.165, 1.54) is 18.4 Å². The summed E-state index contributed by atoms with van der Waals surface area (Å²) in [6.07, 6.45) is 3.29. The lowest BCUT2D eigenvalue weighted by molar-refractivity contribution is 0.236.